The summed E-state index contributed by atoms with van der Waals surface area (Å²) in [7, 11) is 1.76. The van der Waals surface area contributed by atoms with Crippen LogP contribution in [0.4, 0.5) is 5.69 Å². The van der Waals surface area contributed by atoms with Crippen molar-refractivity contribution in [1.29, 1.82) is 0 Å². The normalized spacial score (nSPS) is 13.6. The number of ether oxygens (including phenoxy) is 1. The summed E-state index contributed by atoms with van der Waals surface area (Å²) in [4.78, 5) is 0. The minimum absolute atomic E-state index is 0.0683. The molecule has 0 aliphatic rings. The van der Waals surface area contributed by atoms with Crippen molar-refractivity contribution in [1.82, 2.24) is 0 Å². The molecule has 0 radical (unpaired) electrons. The lowest BCUT2D eigenvalue weighted by Crippen LogP contribution is -2.31. The molecule has 0 aliphatic carbocycles. The zero-order valence-corrected chi connectivity index (χ0v) is 10.1. The van der Waals surface area contributed by atoms with Gasteiger partial charge in [0.2, 0.25) is 0 Å². The lowest BCUT2D eigenvalue weighted by Gasteiger charge is -2.27. The molecule has 0 fully saturated rings. The average molecular weight is 207 g/mol. The van der Waals surface area contributed by atoms with E-state index in [-0.39, 0.29) is 5.60 Å². The molecule has 0 saturated carbocycles. The van der Waals surface area contributed by atoms with Crippen LogP contribution < -0.4 is 5.32 Å². The molecule has 1 aromatic carbocycles. The Balaban J connectivity index is 2.46. The monoisotopic (exact) mass is 207 g/mol. The molecule has 15 heavy (non-hydrogen) atoms. The number of anilines is 1. The van der Waals surface area contributed by atoms with Crippen LogP contribution in [-0.2, 0) is 4.74 Å². The van der Waals surface area contributed by atoms with Crippen molar-refractivity contribution >= 4 is 5.69 Å². The molecule has 0 aromatic heterocycles. The number of rotatable bonds is 5. The highest BCUT2D eigenvalue weighted by Crippen LogP contribution is 2.18. The van der Waals surface area contributed by atoms with Crippen LogP contribution in [0.15, 0.2) is 30.3 Å². The Morgan fingerprint density at radius 3 is 2.40 bits per heavy atom. The van der Waals surface area contributed by atoms with Gasteiger partial charge in [-0.15, -0.1) is 0 Å². The highest BCUT2D eigenvalue weighted by atomic mass is 16.5. The van der Waals surface area contributed by atoms with E-state index in [1.807, 2.05) is 18.2 Å². The third-order valence-electron chi connectivity index (χ3n) is 2.54. The third kappa shape index (κ3) is 4.34. The first-order chi connectivity index (χ1) is 7.03. The van der Waals surface area contributed by atoms with Crippen molar-refractivity contribution in [3.05, 3.63) is 30.3 Å². The van der Waals surface area contributed by atoms with Gasteiger partial charge >= 0.3 is 0 Å². The van der Waals surface area contributed by atoms with Crippen molar-refractivity contribution < 1.29 is 4.74 Å². The van der Waals surface area contributed by atoms with Gasteiger partial charge in [0.25, 0.3) is 0 Å². The zero-order valence-electron chi connectivity index (χ0n) is 10.1. The number of para-hydroxylation sites is 1. The highest BCUT2D eigenvalue weighted by molar-refractivity contribution is 5.43. The van der Waals surface area contributed by atoms with E-state index in [2.05, 4.69) is 38.2 Å². The second kappa shape index (κ2) is 5.17. The quantitative estimate of drug-likeness (QED) is 0.800. The first-order valence-electron chi connectivity index (χ1n) is 5.40. The second-order valence-corrected chi connectivity index (χ2v) is 4.58. The smallest absolute Gasteiger partial charge is 0.0642 e. The molecule has 1 rings (SSSR count). The molecule has 84 valence electrons. The standard InChI is InChI=1S/C13H21NO/c1-11(10-13(2,3)15-4)14-12-8-6-5-7-9-12/h5-9,11,14H,10H2,1-4H3. The van der Waals surface area contributed by atoms with Crippen molar-refractivity contribution in [2.75, 3.05) is 12.4 Å². The fourth-order valence-corrected chi connectivity index (χ4v) is 1.69. The Morgan fingerprint density at radius 2 is 1.87 bits per heavy atom. The lowest BCUT2D eigenvalue weighted by molar-refractivity contribution is 0.0128. The van der Waals surface area contributed by atoms with Gasteiger partial charge in [0.15, 0.2) is 0 Å². The maximum Gasteiger partial charge on any atom is 0.0642 e. The summed E-state index contributed by atoms with van der Waals surface area (Å²) in [6.07, 6.45) is 0.985. The molecule has 0 amide bonds. The molecule has 1 unspecified atom stereocenters. The fourth-order valence-electron chi connectivity index (χ4n) is 1.69. The van der Waals surface area contributed by atoms with Gasteiger partial charge in [-0.05, 0) is 39.3 Å². The second-order valence-electron chi connectivity index (χ2n) is 4.58. The molecular weight excluding hydrogens is 186 g/mol. The van der Waals surface area contributed by atoms with Crippen LogP contribution in [0, 0.1) is 0 Å². The maximum absolute atomic E-state index is 5.41. The number of hydrogen-bond acceptors (Lipinski definition) is 2. The molecule has 0 bridgehead atoms. The summed E-state index contributed by atoms with van der Waals surface area (Å²) in [5.41, 5.74) is 1.10. The number of methoxy groups -OCH3 is 1. The minimum atomic E-state index is -0.0683. The highest BCUT2D eigenvalue weighted by Gasteiger charge is 2.19. The van der Waals surface area contributed by atoms with Crippen LogP contribution in [0.2, 0.25) is 0 Å². The van der Waals surface area contributed by atoms with Crippen LogP contribution in [0.3, 0.4) is 0 Å². The number of hydrogen-bond donors (Lipinski definition) is 1. The Hall–Kier alpha value is -1.02. The van der Waals surface area contributed by atoms with Crippen LogP contribution in [0.1, 0.15) is 27.2 Å². The Labute approximate surface area is 92.6 Å². The summed E-state index contributed by atoms with van der Waals surface area (Å²) in [5, 5.41) is 3.45. The van der Waals surface area contributed by atoms with E-state index >= 15 is 0 Å². The van der Waals surface area contributed by atoms with Gasteiger partial charge in [0, 0.05) is 18.8 Å². The Morgan fingerprint density at radius 1 is 1.27 bits per heavy atom. The first kappa shape index (κ1) is 12.1. The molecule has 1 N–H and O–H groups in total. The predicted molar refractivity (Wildman–Crippen MR) is 65.2 cm³/mol. The van der Waals surface area contributed by atoms with Gasteiger partial charge < -0.3 is 10.1 Å². The summed E-state index contributed by atoms with van der Waals surface area (Å²) >= 11 is 0. The first-order valence-corrected chi connectivity index (χ1v) is 5.40. The van der Waals surface area contributed by atoms with Crippen LogP contribution in [0.25, 0.3) is 0 Å². The topological polar surface area (TPSA) is 21.3 Å². The van der Waals surface area contributed by atoms with E-state index in [1.165, 1.54) is 0 Å². The van der Waals surface area contributed by atoms with Crippen LogP contribution in [-0.4, -0.2) is 18.8 Å². The Bertz CT molecular complexity index is 282. The van der Waals surface area contributed by atoms with E-state index in [0.717, 1.165) is 12.1 Å². The van der Waals surface area contributed by atoms with Gasteiger partial charge in [-0.25, -0.2) is 0 Å². The molecular formula is C13H21NO. The molecule has 0 saturated heterocycles. The molecule has 2 heteroatoms. The number of benzene rings is 1. The molecule has 1 aromatic rings. The van der Waals surface area contributed by atoms with E-state index in [4.69, 9.17) is 4.74 Å². The van der Waals surface area contributed by atoms with Gasteiger partial charge in [0.05, 0.1) is 5.60 Å². The van der Waals surface area contributed by atoms with Crippen LogP contribution in [0.5, 0.6) is 0 Å². The largest absolute Gasteiger partial charge is 0.382 e. The Kier molecular flexibility index (Phi) is 4.15. The lowest BCUT2D eigenvalue weighted by atomic mass is 10.00. The van der Waals surface area contributed by atoms with E-state index in [1.54, 1.807) is 7.11 Å². The third-order valence-corrected chi connectivity index (χ3v) is 2.54. The molecule has 0 spiro atoms. The summed E-state index contributed by atoms with van der Waals surface area (Å²) in [6, 6.07) is 10.7. The predicted octanol–water partition coefficient (Wildman–Crippen LogP) is 3.30. The maximum atomic E-state index is 5.41. The van der Waals surface area contributed by atoms with Gasteiger partial charge in [-0.2, -0.15) is 0 Å². The van der Waals surface area contributed by atoms with Gasteiger partial charge in [-0.1, -0.05) is 18.2 Å². The average Bonchev–Trinajstić information content (AvgIpc) is 2.18. The summed E-state index contributed by atoms with van der Waals surface area (Å²) in [6.45, 7) is 6.39. The van der Waals surface area contributed by atoms with Crippen molar-refractivity contribution in [2.45, 2.75) is 38.8 Å². The van der Waals surface area contributed by atoms with Crippen molar-refractivity contribution in [3.8, 4) is 0 Å². The van der Waals surface area contributed by atoms with Crippen molar-refractivity contribution in [3.63, 3.8) is 0 Å². The summed E-state index contributed by atoms with van der Waals surface area (Å²) < 4.78 is 5.41. The van der Waals surface area contributed by atoms with E-state index < -0.39 is 0 Å². The van der Waals surface area contributed by atoms with Crippen LogP contribution >= 0.6 is 0 Å². The SMILES string of the molecule is COC(C)(C)CC(C)Nc1ccccc1. The molecule has 0 aliphatic heterocycles. The zero-order chi connectivity index (χ0) is 11.3. The van der Waals surface area contributed by atoms with E-state index in [0.29, 0.717) is 6.04 Å². The summed E-state index contributed by atoms with van der Waals surface area (Å²) in [5.74, 6) is 0. The van der Waals surface area contributed by atoms with Gasteiger partial charge in [0.1, 0.15) is 0 Å². The van der Waals surface area contributed by atoms with E-state index in [9.17, 15) is 0 Å². The molecule has 2 nitrogen and oxygen atoms in total. The molecule has 0 heterocycles. The van der Waals surface area contributed by atoms with Crippen molar-refractivity contribution in [2.24, 2.45) is 0 Å². The number of nitrogens with one attached hydrogen (secondary N) is 1. The molecule has 1 atom stereocenters. The fraction of sp³-hybridized carbons (Fsp3) is 0.538. The minimum Gasteiger partial charge on any atom is -0.382 e. The van der Waals surface area contributed by atoms with Gasteiger partial charge in [-0.3, -0.25) is 0 Å².